The van der Waals surface area contributed by atoms with Crippen molar-refractivity contribution >= 4 is 17.5 Å². The summed E-state index contributed by atoms with van der Waals surface area (Å²) in [6.45, 7) is 3.60. The molecular formula is C22H23F3N2O2. The van der Waals surface area contributed by atoms with E-state index in [-0.39, 0.29) is 23.9 Å². The number of anilines is 1. The summed E-state index contributed by atoms with van der Waals surface area (Å²) >= 11 is 0. The monoisotopic (exact) mass is 404 g/mol. The number of para-hydroxylation sites is 1. The zero-order valence-corrected chi connectivity index (χ0v) is 16.5. The molecule has 0 heterocycles. The van der Waals surface area contributed by atoms with Crippen molar-refractivity contribution in [2.75, 3.05) is 18.9 Å². The first kappa shape index (κ1) is 20.9. The van der Waals surface area contributed by atoms with Gasteiger partial charge in [-0.2, -0.15) is 13.2 Å². The van der Waals surface area contributed by atoms with E-state index < -0.39 is 23.6 Å². The van der Waals surface area contributed by atoms with Crippen molar-refractivity contribution in [2.24, 2.45) is 5.92 Å². The maximum absolute atomic E-state index is 13.2. The SMILES string of the molecule is Cc1cccc(C)c1NC(=O)CN(C)C(=O)C1CC1c1ccccc1C(F)(F)F. The summed E-state index contributed by atoms with van der Waals surface area (Å²) in [6.07, 6.45) is -4.10. The standard InChI is InChI=1S/C22H23F3N2O2/c1-13-7-6-8-14(2)20(13)26-19(28)12-27(3)21(29)17-11-16(17)15-9-4-5-10-18(15)22(23,24)25/h4-10,16-17H,11-12H2,1-3H3,(H,26,28). The number of halogens is 3. The van der Waals surface area contributed by atoms with Gasteiger partial charge in [0.05, 0.1) is 12.1 Å². The molecule has 7 heteroatoms. The van der Waals surface area contributed by atoms with E-state index in [0.717, 1.165) is 17.2 Å². The van der Waals surface area contributed by atoms with Gasteiger partial charge in [0.1, 0.15) is 0 Å². The second-order valence-electron chi connectivity index (χ2n) is 7.54. The fourth-order valence-electron chi connectivity index (χ4n) is 3.66. The summed E-state index contributed by atoms with van der Waals surface area (Å²) in [5.74, 6) is -1.66. The quantitative estimate of drug-likeness (QED) is 0.797. The van der Waals surface area contributed by atoms with Crippen LogP contribution in [0, 0.1) is 19.8 Å². The number of benzene rings is 2. The molecular weight excluding hydrogens is 381 g/mol. The maximum atomic E-state index is 13.2. The number of amides is 2. The average molecular weight is 404 g/mol. The predicted octanol–water partition coefficient (Wildman–Crippen LogP) is 4.52. The van der Waals surface area contributed by atoms with Gasteiger partial charge in [0, 0.05) is 18.7 Å². The van der Waals surface area contributed by atoms with Crippen LogP contribution in [0.5, 0.6) is 0 Å². The van der Waals surface area contributed by atoms with Crippen LogP contribution in [0.4, 0.5) is 18.9 Å². The zero-order valence-electron chi connectivity index (χ0n) is 16.5. The van der Waals surface area contributed by atoms with E-state index in [1.54, 1.807) is 6.07 Å². The Morgan fingerprint density at radius 1 is 1.07 bits per heavy atom. The summed E-state index contributed by atoms with van der Waals surface area (Å²) in [5.41, 5.74) is 1.99. The van der Waals surface area contributed by atoms with Crippen LogP contribution in [-0.2, 0) is 15.8 Å². The van der Waals surface area contributed by atoms with Gasteiger partial charge in [0.2, 0.25) is 11.8 Å². The summed E-state index contributed by atoms with van der Waals surface area (Å²) in [4.78, 5) is 26.3. The van der Waals surface area contributed by atoms with Gasteiger partial charge < -0.3 is 10.2 Å². The number of alkyl halides is 3. The lowest BCUT2D eigenvalue weighted by Crippen LogP contribution is -2.36. The van der Waals surface area contributed by atoms with Gasteiger partial charge in [0.25, 0.3) is 0 Å². The molecule has 4 nitrogen and oxygen atoms in total. The normalized spacial score (nSPS) is 18.3. The number of nitrogens with one attached hydrogen (secondary N) is 1. The highest BCUT2D eigenvalue weighted by Gasteiger charge is 2.48. The van der Waals surface area contributed by atoms with Gasteiger partial charge >= 0.3 is 6.18 Å². The van der Waals surface area contributed by atoms with Crippen molar-refractivity contribution in [3.8, 4) is 0 Å². The Labute approximate surface area is 167 Å². The molecule has 0 bridgehead atoms. The van der Waals surface area contributed by atoms with E-state index in [1.165, 1.54) is 24.1 Å². The fourth-order valence-corrected chi connectivity index (χ4v) is 3.66. The molecule has 2 aromatic carbocycles. The average Bonchev–Trinajstić information content (AvgIpc) is 3.44. The molecule has 0 spiro atoms. The van der Waals surface area contributed by atoms with Crippen LogP contribution < -0.4 is 5.32 Å². The highest BCUT2D eigenvalue weighted by Crippen LogP contribution is 2.51. The molecule has 2 atom stereocenters. The van der Waals surface area contributed by atoms with E-state index in [4.69, 9.17) is 0 Å². The summed E-state index contributed by atoms with van der Waals surface area (Å²) in [6, 6.07) is 11.0. The number of rotatable bonds is 5. The maximum Gasteiger partial charge on any atom is 0.416 e. The molecule has 1 aliphatic carbocycles. The van der Waals surface area contributed by atoms with Crippen molar-refractivity contribution in [1.29, 1.82) is 0 Å². The largest absolute Gasteiger partial charge is 0.416 e. The van der Waals surface area contributed by atoms with E-state index in [9.17, 15) is 22.8 Å². The predicted molar refractivity (Wildman–Crippen MR) is 104 cm³/mol. The smallest absolute Gasteiger partial charge is 0.336 e. The van der Waals surface area contributed by atoms with E-state index in [0.29, 0.717) is 12.1 Å². The Hall–Kier alpha value is -2.83. The third-order valence-electron chi connectivity index (χ3n) is 5.28. The second-order valence-corrected chi connectivity index (χ2v) is 7.54. The zero-order chi connectivity index (χ0) is 21.3. The third kappa shape index (κ3) is 4.60. The summed E-state index contributed by atoms with van der Waals surface area (Å²) in [5, 5.41) is 2.81. The van der Waals surface area contributed by atoms with Gasteiger partial charge in [-0.25, -0.2) is 0 Å². The fraction of sp³-hybridized carbons (Fsp3) is 0.364. The molecule has 3 rings (SSSR count). The summed E-state index contributed by atoms with van der Waals surface area (Å²) in [7, 11) is 1.50. The molecule has 29 heavy (non-hydrogen) atoms. The van der Waals surface area contributed by atoms with Gasteiger partial charge in [-0.1, -0.05) is 36.4 Å². The molecule has 2 unspecified atom stereocenters. The van der Waals surface area contributed by atoms with Crippen LogP contribution in [0.2, 0.25) is 0 Å². The van der Waals surface area contributed by atoms with Gasteiger partial charge in [-0.05, 0) is 48.9 Å². The molecule has 1 aliphatic rings. The number of nitrogens with zero attached hydrogens (tertiary/aromatic N) is 1. The lowest BCUT2D eigenvalue weighted by atomic mass is 10.0. The highest BCUT2D eigenvalue weighted by atomic mass is 19.4. The lowest BCUT2D eigenvalue weighted by molar-refractivity contribution is -0.138. The molecule has 0 saturated heterocycles. The molecule has 0 radical (unpaired) electrons. The number of likely N-dealkylation sites (N-methyl/N-ethyl adjacent to an activating group) is 1. The third-order valence-corrected chi connectivity index (χ3v) is 5.28. The molecule has 154 valence electrons. The molecule has 1 N–H and O–H groups in total. The van der Waals surface area contributed by atoms with Crippen molar-refractivity contribution < 1.29 is 22.8 Å². The van der Waals surface area contributed by atoms with E-state index in [2.05, 4.69) is 5.32 Å². The summed E-state index contributed by atoms with van der Waals surface area (Å²) < 4.78 is 39.7. The number of hydrogen-bond donors (Lipinski definition) is 1. The second kappa shape index (κ2) is 7.89. The first-order valence-electron chi connectivity index (χ1n) is 9.36. The minimum atomic E-state index is -4.45. The number of carbonyl (C=O) groups is 2. The first-order valence-corrected chi connectivity index (χ1v) is 9.36. The molecule has 2 amide bonds. The minimum absolute atomic E-state index is 0.145. The number of hydrogen-bond acceptors (Lipinski definition) is 2. The molecule has 0 aromatic heterocycles. The Bertz CT molecular complexity index is 920. The Kier molecular flexibility index (Phi) is 5.68. The highest BCUT2D eigenvalue weighted by molar-refractivity contribution is 5.96. The first-order chi connectivity index (χ1) is 13.6. The van der Waals surface area contributed by atoms with Crippen molar-refractivity contribution in [1.82, 2.24) is 4.90 Å². The van der Waals surface area contributed by atoms with E-state index in [1.807, 2.05) is 32.0 Å². The van der Waals surface area contributed by atoms with Gasteiger partial charge in [-0.15, -0.1) is 0 Å². The molecule has 2 aromatic rings. The Morgan fingerprint density at radius 3 is 2.31 bits per heavy atom. The van der Waals surface area contributed by atoms with Crippen LogP contribution in [0.15, 0.2) is 42.5 Å². The Morgan fingerprint density at radius 2 is 1.69 bits per heavy atom. The van der Waals surface area contributed by atoms with Crippen molar-refractivity contribution in [3.63, 3.8) is 0 Å². The van der Waals surface area contributed by atoms with Crippen LogP contribution in [0.25, 0.3) is 0 Å². The van der Waals surface area contributed by atoms with Crippen LogP contribution >= 0.6 is 0 Å². The molecule has 1 saturated carbocycles. The van der Waals surface area contributed by atoms with Crippen molar-refractivity contribution in [2.45, 2.75) is 32.4 Å². The van der Waals surface area contributed by atoms with Gasteiger partial charge in [-0.3, -0.25) is 9.59 Å². The van der Waals surface area contributed by atoms with Crippen LogP contribution in [0.3, 0.4) is 0 Å². The van der Waals surface area contributed by atoms with Crippen molar-refractivity contribution in [3.05, 3.63) is 64.7 Å². The van der Waals surface area contributed by atoms with Crippen LogP contribution in [0.1, 0.15) is 34.6 Å². The molecule has 0 aliphatic heterocycles. The number of carbonyl (C=O) groups excluding carboxylic acids is 2. The van der Waals surface area contributed by atoms with E-state index >= 15 is 0 Å². The van der Waals surface area contributed by atoms with Gasteiger partial charge in [0.15, 0.2) is 0 Å². The Balaban J connectivity index is 1.63. The minimum Gasteiger partial charge on any atom is -0.336 e. The number of aryl methyl sites for hydroxylation is 2. The topological polar surface area (TPSA) is 49.4 Å². The molecule has 1 fully saturated rings. The lowest BCUT2D eigenvalue weighted by Gasteiger charge is -2.19. The van der Waals surface area contributed by atoms with Crippen LogP contribution in [-0.4, -0.2) is 30.3 Å².